The fourth-order valence-electron chi connectivity index (χ4n) is 1.50. The van der Waals surface area contributed by atoms with Gasteiger partial charge >= 0.3 is 0 Å². The van der Waals surface area contributed by atoms with Crippen LogP contribution in [0.5, 0.6) is 11.5 Å². The predicted molar refractivity (Wildman–Crippen MR) is 87.3 cm³/mol. The number of rotatable bonds is 3. The molecule has 4 heteroatoms. The van der Waals surface area contributed by atoms with E-state index in [2.05, 4.69) is 4.98 Å². The maximum absolute atomic E-state index is 9.34. The highest BCUT2D eigenvalue weighted by molar-refractivity contribution is 7.97. The van der Waals surface area contributed by atoms with Crippen molar-refractivity contribution in [3.63, 3.8) is 0 Å². The number of nitrogens with zero attached hydrogens (tertiary/aromatic N) is 1. The second kappa shape index (κ2) is 9.04. The van der Waals surface area contributed by atoms with E-state index in [1.807, 2.05) is 42.9 Å². The largest absolute Gasteiger partial charge is 0.508 e. The summed E-state index contributed by atoms with van der Waals surface area (Å²) in [5, 5.41) is 9.34. The quantitative estimate of drug-likeness (QED) is 0.929. The number of aromatic hydroxyl groups is 1. The zero-order valence-electron chi connectivity index (χ0n) is 11.9. The van der Waals surface area contributed by atoms with Gasteiger partial charge in [0.1, 0.15) is 11.5 Å². The minimum absolute atomic E-state index is 0.197. The maximum atomic E-state index is 9.34. The molecule has 0 bridgehead atoms. The fraction of sp³-hybridized carbons (Fsp3) is 0.188. The summed E-state index contributed by atoms with van der Waals surface area (Å²) in [7, 11) is 1.58. The number of thioether (sulfide) groups is 1. The highest BCUT2D eigenvalue weighted by atomic mass is 32.2. The van der Waals surface area contributed by atoms with Gasteiger partial charge in [0, 0.05) is 24.0 Å². The first kappa shape index (κ1) is 16.1. The number of ether oxygens (including phenoxy) is 1. The van der Waals surface area contributed by atoms with Crippen LogP contribution in [0.15, 0.2) is 42.7 Å². The normalized spacial score (nSPS) is 9.95. The molecular weight excluding hydrogens is 270 g/mol. The van der Waals surface area contributed by atoms with Gasteiger partial charge in [0.05, 0.1) is 7.11 Å². The number of phenolic OH excluding ortho intramolecular Hbond substituents is 1. The van der Waals surface area contributed by atoms with Crippen molar-refractivity contribution in [2.75, 3.05) is 19.6 Å². The molecule has 1 aromatic heterocycles. The molecule has 1 heterocycles. The summed E-state index contributed by atoms with van der Waals surface area (Å²) in [6.45, 7) is 0. The smallest absolute Gasteiger partial charge is 0.129 e. The Kier molecular flexibility index (Phi) is 7.29. The van der Waals surface area contributed by atoms with Crippen molar-refractivity contribution < 1.29 is 9.84 Å². The molecule has 1 aromatic carbocycles. The van der Waals surface area contributed by atoms with Gasteiger partial charge in [-0.3, -0.25) is 4.98 Å². The molecule has 106 valence electrons. The Morgan fingerprint density at radius 1 is 1.10 bits per heavy atom. The number of methoxy groups -OCH3 is 1. The number of hydrogen-bond donors (Lipinski definition) is 1. The van der Waals surface area contributed by atoms with Crippen molar-refractivity contribution in [1.29, 1.82) is 0 Å². The third-order valence-electron chi connectivity index (χ3n) is 2.38. The Morgan fingerprint density at radius 2 is 1.75 bits per heavy atom. The molecule has 0 radical (unpaired) electrons. The Balaban J connectivity index is 0.000000612. The number of pyridine rings is 1. The molecule has 0 aliphatic carbocycles. The average molecular weight is 289 g/mol. The number of phenols is 1. The summed E-state index contributed by atoms with van der Waals surface area (Å²) in [6, 6.07) is 8.87. The van der Waals surface area contributed by atoms with Gasteiger partial charge in [-0.15, -0.1) is 0 Å². The minimum Gasteiger partial charge on any atom is -0.508 e. The summed E-state index contributed by atoms with van der Waals surface area (Å²) in [5.41, 5.74) is 1.98. The van der Waals surface area contributed by atoms with E-state index in [9.17, 15) is 5.11 Å². The molecule has 2 rings (SSSR count). The molecule has 0 spiro atoms. The second-order valence-corrected chi connectivity index (χ2v) is 4.76. The van der Waals surface area contributed by atoms with Crippen molar-refractivity contribution in [3.05, 3.63) is 53.9 Å². The molecule has 0 amide bonds. The molecule has 0 saturated carbocycles. The lowest BCUT2D eigenvalue weighted by Crippen LogP contribution is -1.86. The van der Waals surface area contributed by atoms with E-state index >= 15 is 0 Å². The van der Waals surface area contributed by atoms with Crippen molar-refractivity contribution in [3.8, 4) is 11.5 Å². The van der Waals surface area contributed by atoms with Crippen LogP contribution < -0.4 is 4.74 Å². The highest BCUT2D eigenvalue weighted by Crippen LogP contribution is 2.25. The van der Waals surface area contributed by atoms with Crippen LogP contribution in [0, 0.1) is 0 Å². The molecule has 2 aromatic rings. The predicted octanol–water partition coefficient (Wildman–Crippen LogP) is 3.95. The van der Waals surface area contributed by atoms with Crippen molar-refractivity contribution in [1.82, 2.24) is 4.98 Å². The summed E-state index contributed by atoms with van der Waals surface area (Å²) in [5.74, 6) is 0.846. The van der Waals surface area contributed by atoms with Crippen LogP contribution in [0.3, 0.4) is 0 Å². The number of aromatic nitrogens is 1. The van der Waals surface area contributed by atoms with Gasteiger partial charge in [-0.2, -0.15) is 11.8 Å². The van der Waals surface area contributed by atoms with Crippen LogP contribution in [-0.4, -0.2) is 29.7 Å². The second-order valence-electron chi connectivity index (χ2n) is 3.95. The third-order valence-corrected chi connectivity index (χ3v) is 2.38. The molecule has 0 aliphatic heterocycles. The van der Waals surface area contributed by atoms with Crippen molar-refractivity contribution >= 4 is 23.9 Å². The molecule has 1 N–H and O–H groups in total. The maximum Gasteiger partial charge on any atom is 0.129 e. The Morgan fingerprint density at radius 3 is 2.35 bits per heavy atom. The molecule has 0 unspecified atom stereocenters. The Bertz CT molecular complexity index is 541. The molecule has 0 fully saturated rings. The first-order valence-electron chi connectivity index (χ1n) is 6.06. The van der Waals surface area contributed by atoms with Crippen molar-refractivity contribution in [2.24, 2.45) is 0 Å². The van der Waals surface area contributed by atoms with E-state index < -0.39 is 0 Å². The monoisotopic (exact) mass is 289 g/mol. The van der Waals surface area contributed by atoms with Crippen LogP contribution in [-0.2, 0) is 0 Å². The molecule has 0 saturated heterocycles. The summed E-state index contributed by atoms with van der Waals surface area (Å²) in [6.07, 6.45) is 11.5. The van der Waals surface area contributed by atoms with Gasteiger partial charge < -0.3 is 9.84 Å². The fourth-order valence-corrected chi connectivity index (χ4v) is 1.50. The van der Waals surface area contributed by atoms with E-state index in [0.29, 0.717) is 5.75 Å². The average Bonchev–Trinajstić information content (AvgIpc) is 2.47. The molecule has 0 aliphatic rings. The van der Waals surface area contributed by atoms with Crippen LogP contribution in [0.25, 0.3) is 12.2 Å². The van der Waals surface area contributed by atoms with Crippen LogP contribution >= 0.6 is 11.8 Å². The third kappa shape index (κ3) is 5.36. The molecule has 0 atom stereocenters. The Labute approximate surface area is 124 Å². The van der Waals surface area contributed by atoms with E-state index in [1.165, 1.54) is 0 Å². The standard InChI is InChI=1S/C14H13NO2.C2H6S/c1-17-14-10-13(16)5-4-12(14)3-2-11-6-8-15-9-7-11;1-3-2/h2-10,16H,1H3;1-2H3/b3-2+;. The first-order valence-corrected chi connectivity index (χ1v) is 7.69. The van der Waals surface area contributed by atoms with Gasteiger partial charge in [-0.1, -0.05) is 12.2 Å². The van der Waals surface area contributed by atoms with Crippen LogP contribution in [0.1, 0.15) is 11.1 Å². The van der Waals surface area contributed by atoms with E-state index in [4.69, 9.17) is 4.74 Å². The van der Waals surface area contributed by atoms with Crippen molar-refractivity contribution in [2.45, 2.75) is 0 Å². The van der Waals surface area contributed by atoms with Gasteiger partial charge in [0.25, 0.3) is 0 Å². The molecule has 20 heavy (non-hydrogen) atoms. The zero-order chi connectivity index (χ0) is 14.8. The lowest BCUT2D eigenvalue weighted by molar-refractivity contribution is 0.407. The van der Waals surface area contributed by atoms with Crippen LogP contribution in [0.2, 0.25) is 0 Å². The molecular formula is C16H19NO2S. The highest BCUT2D eigenvalue weighted by Gasteiger charge is 2.00. The summed E-state index contributed by atoms with van der Waals surface area (Å²) in [4.78, 5) is 3.95. The van der Waals surface area contributed by atoms with Gasteiger partial charge in [-0.25, -0.2) is 0 Å². The lowest BCUT2D eigenvalue weighted by atomic mass is 10.1. The summed E-state index contributed by atoms with van der Waals surface area (Å²) >= 11 is 1.75. The zero-order valence-corrected chi connectivity index (χ0v) is 12.7. The minimum atomic E-state index is 0.197. The van der Waals surface area contributed by atoms with E-state index in [1.54, 1.807) is 43.4 Å². The number of hydrogen-bond acceptors (Lipinski definition) is 4. The lowest BCUT2D eigenvalue weighted by Gasteiger charge is -2.04. The van der Waals surface area contributed by atoms with Gasteiger partial charge in [-0.05, 0) is 42.3 Å². The number of benzene rings is 1. The van der Waals surface area contributed by atoms with E-state index in [0.717, 1.165) is 11.1 Å². The van der Waals surface area contributed by atoms with E-state index in [-0.39, 0.29) is 5.75 Å². The SMILES string of the molecule is COc1cc(O)ccc1/C=C/c1ccncc1.CSC. The van der Waals surface area contributed by atoms with Crippen LogP contribution in [0.4, 0.5) is 0 Å². The van der Waals surface area contributed by atoms with Gasteiger partial charge in [0.15, 0.2) is 0 Å². The molecule has 3 nitrogen and oxygen atoms in total. The first-order chi connectivity index (χ1) is 9.71. The summed E-state index contributed by atoms with van der Waals surface area (Å²) < 4.78 is 5.19. The van der Waals surface area contributed by atoms with Gasteiger partial charge in [0.2, 0.25) is 0 Å². The topological polar surface area (TPSA) is 42.4 Å². The Hall–Kier alpha value is -1.94.